The van der Waals surface area contributed by atoms with Crippen LogP contribution in [-0.2, 0) is 4.79 Å². The molecule has 2 aliphatic heterocycles. The molecule has 2 atom stereocenters. The van der Waals surface area contributed by atoms with Gasteiger partial charge in [-0.2, -0.15) is 0 Å². The molecule has 3 rings (SSSR count). The van der Waals surface area contributed by atoms with Gasteiger partial charge in [0.15, 0.2) is 0 Å². The molecule has 2 saturated heterocycles. The van der Waals surface area contributed by atoms with E-state index in [0.717, 1.165) is 38.8 Å². The van der Waals surface area contributed by atoms with Gasteiger partial charge >= 0.3 is 0 Å². The first-order valence-corrected chi connectivity index (χ1v) is 8.69. The molecule has 2 fully saturated rings. The van der Waals surface area contributed by atoms with Crippen LogP contribution in [0.5, 0.6) is 0 Å². The van der Waals surface area contributed by atoms with E-state index in [1.165, 1.54) is 24.3 Å². The van der Waals surface area contributed by atoms with Crippen LogP contribution in [0, 0.1) is 11.7 Å². The highest BCUT2D eigenvalue weighted by atomic mass is 35.5. The summed E-state index contributed by atoms with van der Waals surface area (Å²) in [5.74, 6) is -0.610. The third kappa shape index (κ3) is 5.16. The molecule has 1 aromatic rings. The van der Waals surface area contributed by atoms with Crippen LogP contribution in [0.3, 0.4) is 0 Å². The second-order valence-corrected chi connectivity index (χ2v) is 6.65. The van der Waals surface area contributed by atoms with E-state index in [1.807, 2.05) is 0 Å². The predicted molar refractivity (Wildman–Crippen MR) is 96.3 cm³/mol. The molecule has 1 unspecified atom stereocenters. The van der Waals surface area contributed by atoms with Crippen molar-refractivity contribution >= 4 is 24.2 Å². The molecule has 1 aromatic carbocycles. The third-order valence-electron chi connectivity index (χ3n) is 4.81. The van der Waals surface area contributed by atoms with Crippen molar-refractivity contribution in [1.82, 2.24) is 15.5 Å². The minimum atomic E-state index is -0.358. The van der Waals surface area contributed by atoms with Crippen LogP contribution in [0.1, 0.15) is 36.0 Å². The van der Waals surface area contributed by atoms with Crippen molar-refractivity contribution in [3.8, 4) is 0 Å². The molecule has 0 aliphatic carbocycles. The van der Waals surface area contributed by atoms with Crippen molar-refractivity contribution in [2.75, 3.05) is 26.2 Å². The van der Waals surface area contributed by atoms with E-state index in [9.17, 15) is 14.0 Å². The standard InChI is InChI=1S/C18H24FN3O2.ClH/c19-15-7-5-13(6-8-15)18(24)22-10-2-3-14(12-22)17(23)21-16-4-1-9-20-11-16;/h5-8,14,16,20H,1-4,9-12H2,(H,21,23);1H/t14?,16-;/m0./s1. The van der Waals surface area contributed by atoms with E-state index >= 15 is 0 Å². The molecule has 0 bridgehead atoms. The van der Waals surface area contributed by atoms with Crippen molar-refractivity contribution in [3.63, 3.8) is 0 Å². The zero-order valence-electron chi connectivity index (χ0n) is 14.2. The molecule has 5 nitrogen and oxygen atoms in total. The Labute approximate surface area is 153 Å². The summed E-state index contributed by atoms with van der Waals surface area (Å²) in [5.41, 5.74) is 0.467. The predicted octanol–water partition coefficient (Wildman–Crippen LogP) is 1.97. The smallest absolute Gasteiger partial charge is 0.253 e. The monoisotopic (exact) mass is 369 g/mol. The van der Waals surface area contributed by atoms with Gasteiger partial charge in [0, 0.05) is 31.2 Å². The zero-order valence-corrected chi connectivity index (χ0v) is 15.0. The molecular formula is C18H25ClFN3O2. The van der Waals surface area contributed by atoms with Crippen LogP contribution in [0.25, 0.3) is 0 Å². The molecule has 2 heterocycles. The van der Waals surface area contributed by atoms with Crippen molar-refractivity contribution < 1.29 is 14.0 Å². The van der Waals surface area contributed by atoms with Crippen LogP contribution in [0.2, 0.25) is 0 Å². The van der Waals surface area contributed by atoms with Crippen molar-refractivity contribution in [2.24, 2.45) is 5.92 Å². The number of halogens is 2. The van der Waals surface area contributed by atoms with E-state index in [1.54, 1.807) is 4.90 Å². The van der Waals surface area contributed by atoms with Gasteiger partial charge in [0.1, 0.15) is 5.82 Å². The van der Waals surface area contributed by atoms with Gasteiger partial charge in [0.2, 0.25) is 5.91 Å². The van der Waals surface area contributed by atoms with E-state index in [-0.39, 0.29) is 42.0 Å². The molecule has 138 valence electrons. The van der Waals surface area contributed by atoms with Crippen LogP contribution in [0.4, 0.5) is 4.39 Å². The summed E-state index contributed by atoms with van der Waals surface area (Å²) < 4.78 is 13.0. The van der Waals surface area contributed by atoms with Gasteiger partial charge in [0.05, 0.1) is 5.92 Å². The molecule has 2 amide bonds. The quantitative estimate of drug-likeness (QED) is 0.856. The number of nitrogens with one attached hydrogen (secondary N) is 2. The van der Waals surface area contributed by atoms with Crippen LogP contribution < -0.4 is 10.6 Å². The van der Waals surface area contributed by atoms with Gasteiger partial charge < -0.3 is 15.5 Å². The number of nitrogens with zero attached hydrogens (tertiary/aromatic N) is 1. The number of carbonyl (C=O) groups excluding carboxylic acids is 2. The Morgan fingerprint density at radius 3 is 2.60 bits per heavy atom. The normalized spacial score (nSPS) is 23.5. The maximum atomic E-state index is 13.0. The Morgan fingerprint density at radius 2 is 1.92 bits per heavy atom. The Bertz CT molecular complexity index is 590. The molecule has 0 saturated carbocycles. The third-order valence-corrected chi connectivity index (χ3v) is 4.81. The highest BCUT2D eigenvalue weighted by Gasteiger charge is 2.30. The number of benzene rings is 1. The average molecular weight is 370 g/mol. The number of amides is 2. The fraction of sp³-hybridized carbons (Fsp3) is 0.556. The van der Waals surface area contributed by atoms with Gasteiger partial charge in [-0.05, 0) is 56.5 Å². The fourth-order valence-electron chi connectivity index (χ4n) is 3.44. The fourth-order valence-corrected chi connectivity index (χ4v) is 3.44. The number of likely N-dealkylation sites (tertiary alicyclic amines) is 1. The van der Waals surface area contributed by atoms with E-state index in [2.05, 4.69) is 10.6 Å². The molecule has 2 N–H and O–H groups in total. The Morgan fingerprint density at radius 1 is 1.16 bits per heavy atom. The summed E-state index contributed by atoms with van der Waals surface area (Å²) in [6.07, 6.45) is 3.70. The van der Waals surface area contributed by atoms with Crippen molar-refractivity contribution in [2.45, 2.75) is 31.7 Å². The van der Waals surface area contributed by atoms with Gasteiger partial charge in [0.25, 0.3) is 5.91 Å². The van der Waals surface area contributed by atoms with Crippen LogP contribution >= 0.6 is 12.4 Å². The van der Waals surface area contributed by atoms with Crippen molar-refractivity contribution in [3.05, 3.63) is 35.6 Å². The van der Waals surface area contributed by atoms with Crippen LogP contribution in [-0.4, -0.2) is 48.9 Å². The number of piperidine rings is 2. The second kappa shape index (κ2) is 9.15. The number of carbonyl (C=O) groups is 2. The number of hydrogen-bond acceptors (Lipinski definition) is 3. The van der Waals surface area contributed by atoms with Gasteiger partial charge in [-0.1, -0.05) is 0 Å². The topological polar surface area (TPSA) is 61.4 Å². The highest BCUT2D eigenvalue weighted by Crippen LogP contribution is 2.19. The lowest BCUT2D eigenvalue weighted by atomic mass is 9.95. The van der Waals surface area contributed by atoms with E-state index < -0.39 is 0 Å². The molecule has 7 heteroatoms. The summed E-state index contributed by atoms with van der Waals surface area (Å²) >= 11 is 0. The SMILES string of the molecule is Cl.O=C(N[C@H]1CCCNC1)C1CCCN(C(=O)c2ccc(F)cc2)C1. The highest BCUT2D eigenvalue weighted by molar-refractivity contribution is 5.94. The Hall–Kier alpha value is -1.66. The molecule has 25 heavy (non-hydrogen) atoms. The summed E-state index contributed by atoms with van der Waals surface area (Å²) in [4.78, 5) is 26.7. The van der Waals surface area contributed by atoms with Gasteiger partial charge in [-0.15, -0.1) is 12.4 Å². The largest absolute Gasteiger partial charge is 0.352 e. The first kappa shape index (κ1) is 19.7. The maximum Gasteiger partial charge on any atom is 0.253 e. The number of hydrogen-bond donors (Lipinski definition) is 2. The lowest BCUT2D eigenvalue weighted by molar-refractivity contribution is -0.127. The van der Waals surface area contributed by atoms with Gasteiger partial charge in [-0.25, -0.2) is 4.39 Å². The molecule has 2 aliphatic rings. The van der Waals surface area contributed by atoms with Crippen molar-refractivity contribution in [1.29, 1.82) is 0 Å². The molecule has 0 aromatic heterocycles. The minimum absolute atomic E-state index is 0. The average Bonchev–Trinajstić information content (AvgIpc) is 2.63. The minimum Gasteiger partial charge on any atom is -0.352 e. The first-order valence-electron chi connectivity index (χ1n) is 8.69. The van der Waals surface area contributed by atoms with Crippen LogP contribution in [0.15, 0.2) is 24.3 Å². The van der Waals surface area contributed by atoms with Gasteiger partial charge in [-0.3, -0.25) is 9.59 Å². The lowest BCUT2D eigenvalue weighted by Gasteiger charge is -2.33. The summed E-state index contributed by atoms with van der Waals surface area (Å²) in [6.45, 7) is 2.90. The number of rotatable bonds is 3. The Kier molecular flexibility index (Phi) is 7.20. The van der Waals surface area contributed by atoms with E-state index in [4.69, 9.17) is 0 Å². The second-order valence-electron chi connectivity index (χ2n) is 6.65. The summed E-state index contributed by atoms with van der Waals surface area (Å²) in [7, 11) is 0. The Balaban J connectivity index is 0.00000225. The zero-order chi connectivity index (χ0) is 16.9. The summed E-state index contributed by atoms with van der Waals surface area (Å²) in [6, 6.07) is 5.76. The lowest BCUT2D eigenvalue weighted by Crippen LogP contribution is -2.51. The van der Waals surface area contributed by atoms with E-state index in [0.29, 0.717) is 18.7 Å². The summed E-state index contributed by atoms with van der Waals surface area (Å²) in [5, 5.41) is 6.39. The first-order chi connectivity index (χ1) is 11.6. The molecular weight excluding hydrogens is 345 g/mol. The molecule has 0 radical (unpaired) electrons. The molecule has 0 spiro atoms. The maximum absolute atomic E-state index is 13.0.